The van der Waals surface area contributed by atoms with E-state index in [0.717, 1.165) is 24.9 Å². The van der Waals surface area contributed by atoms with Crippen molar-refractivity contribution < 1.29 is 9.18 Å². The molecule has 0 unspecified atom stereocenters. The van der Waals surface area contributed by atoms with Crippen molar-refractivity contribution >= 4 is 5.91 Å². The molecule has 23 heavy (non-hydrogen) atoms. The number of nitrogens with zero attached hydrogens (tertiary/aromatic N) is 4. The Hall–Kier alpha value is -2.44. The molecule has 1 aromatic rings. The molecule has 120 valence electrons. The summed E-state index contributed by atoms with van der Waals surface area (Å²) in [6.45, 7) is 1.90. The van der Waals surface area contributed by atoms with E-state index in [1.54, 1.807) is 6.07 Å². The summed E-state index contributed by atoms with van der Waals surface area (Å²) in [6.07, 6.45) is 1.63. The fourth-order valence-corrected chi connectivity index (χ4v) is 2.93. The maximum Gasteiger partial charge on any atom is 0.228 e. The monoisotopic (exact) mass is 314 g/mol. The van der Waals surface area contributed by atoms with Crippen LogP contribution in [0.15, 0.2) is 24.3 Å². The Balaban J connectivity index is 1.98. The molecule has 1 heterocycles. The molecule has 0 saturated carbocycles. The minimum absolute atomic E-state index is 0.0627. The highest BCUT2D eigenvalue weighted by Gasteiger charge is 2.29. The summed E-state index contributed by atoms with van der Waals surface area (Å²) >= 11 is 0. The standard InChI is InChI=1S/C17H19FN4O/c18-16-5-1-3-14(11-16)12-21-8-2-4-15(13-21)17(23)22(9-6-19)10-7-20/h1,3,5,11,15H,2,4,8-10,12-13H2/t15-/m0/s1. The van der Waals surface area contributed by atoms with Crippen LogP contribution in [0.2, 0.25) is 0 Å². The normalized spacial score (nSPS) is 18.0. The molecule has 1 aliphatic rings. The van der Waals surface area contributed by atoms with Crippen LogP contribution in [0.5, 0.6) is 0 Å². The second kappa shape index (κ2) is 8.26. The van der Waals surface area contributed by atoms with Crippen LogP contribution in [0.25, 0.3) is 0 Å². The third-order valence-electron chi connectivity index (χ3n) is 3.98. The number of carbonyl (C=O) groups excluding carboxylic acids is 1. The van der Waals surface area contributed by atoms with Gasteiger partial charge in [0, 0.05) is 13.1 Å². The van der Waals surface area contributed by atoms with Crippen molar-refractivity contribution in [2.45, 2.75) is 19.4 Å². The van der Waals surface area contributed by atoms with Gasteiger partial charge in [-0.15, -0.1) is 0 Å². The lowest BCUT2D eigenvalue weighted by molar-refractivity contribution is -0.136. The zero-order valence-corrected chi connectivity index (χ0v) is 12.9. The van der Waals surface area contributed by atoms with Crippen LogP contribution in [0.1, 0.15) is 18.4 Å². The largest absolute Gasteiger partial charge is 0.316 e. The van der Waals surface area contributed by atoms with E-state index >= 15 is 0 Å². The van der Waals surface area contributed by atoms with Crippen LogP contribution in [0.3, 0.4) is 0 Å². The molecule has 6 heteroatoms. The molecule has 1 aliphatic heterocycles. The maximum absolute atomic E-state index is 13.3. The van der Waals surface area contributed by atoms with Gasteiger partial charge in [-0.2, -0.15) is 10.5 Å². The predicted molar refractivity (Wildman–Crippen MR) is 82.2 cm³/mol. The summed E-state index contributed by atoms with van der Waals surface area (Å²) in [7, 11) is 0. The Morgan fingerprint density at radius 3 is 2.74 bits per heavy atom. The number of hydrogen-bond donors (Lipinski definition) is 0. The van der Waals surface area contributed by atoms with Crippen LogP contribution in [-0.4, -0.2) is 41.9 Å². The zero-order valence-electron chi connectivity index (χ0n) is 12.9. The molecule has 0 aromatic heterocycles. The Bertz CT molecular complexity index is 618. The van der Waals surface area contributed by atoms with Crippen LogP contribution in [0, 0.1) is 34.4 Å². The van der Waals surface area contributed by atoms with Gasteiger partial charge in [0.1, 0.15) is 18.9 Å². The highest BCUT2D eigenvalue weighted by atomic mass is 19.1. The van der Waals surface area contributed by atoms with Gasteiger partial charge in [-0.05, 0) is 37.1 Å². The van der Waals surface area contributed by atoms with Crippen LogP contribution in [-0.2, 0) is 11.3 Å². The smallest absolute Gasteiger partial charge is 0.228 e. The highest BCUT2D eigenvalue weighted by Crippen LogP contribution is 2.21. The third kappa shape index (κ3) is 4.77. The fourth-order valence-electron chi connectivity index (χ4n) is 2.93. The lowest BCUT2D eigenvalue weighted by Gasteiger charge is -2.33. The summed E-state index contributed by atoms with van der Waals surface area (Å²) in [6, 6.07) is 10.3. The third-order valence-corrected chi connectivity index (χ3v) is 3.98. The van der Waals surface area contributed by atoms with E-state index in [2.05, 4.69) is 4.90 Å². The van der Waals surface area contributed by atoms with Crippen molar-refractivity contribution in [1.29, 1.82) is 10.5 Å². The molecule has 1 aromatic carbocycles. The van der Waals surface area contributed by atoms with Crippen molar-refractivity contribution in [3.8, 4) is 12.1 Å². The van der Waals surface area contributed by atoms with Gasteiger partial charge in [0.2, 0.25) is 5.91 Å². The maximum atomic E-state index is 13.3. The quantitative estimate of drug-likeness (QED) is 0.778. The number of likely N-dealkylation sites (tertiary alicyclic amines) is 1. The minimum Gasteiger partial charge on any atom is -0.316 e. The number of piperidine rings is 1. The second-order valence-electron chi connectivity index (χ2n) is 5.71. The van der Waals surface area contributed by atoms with Crippen molar-refractivity contribution in [3.05, 3.63) is 35.6 Å². The predicted octanol–water partition coefficient (Wildman–Crippen LogP) is 1.91. The molecule has 0 N–H and O–H groups in total. The summed E-state index contributed by atoms with van der Waals surface area (Å²) in [5.74, 6) is -0.614. The molecule has 0 radical (unpaired) electrons. The Morgan fingerprint density at radius 1 is 1.35 bits per heavy atom. The number of benzene rings is 1. The first-order valence-electron chi connectivity index (χ1n) is 7.63. The van der Waals surface area contributed by atoms with E-state index in [0.29, 0.717) is 13.1 Å². The first kappa shape index (κ1) is 16.9. The first-order chi connectivity index (χ1) is 11.1. The van der Waals surface area contributed by atoms with E-state index < -0.39 is 0 Å². The number of hydrogen-bond acceptors (Lipinski definition) is 4. The number of amides is 1. The van der Waals surface area contributed by atoms with Gasteiger partial charge in [-0.25, -0.2) is 4.39 Å². The molecule has 0 aliphatic carbocycles. The Kier molecular flexibility index (Phi) is 6.08. The van der Waals surface area contributed by atoms with Gasteiger partial charge < -0.3 is 4.90 Å². The van der Waals surface area contributed by atoms with E-state index in [1.165, 1.54) is 17.0 Å². The van der Waals surface area contributed by atoms with Crippen molar-refractivity contribution in [2.24, 2.45) is 5.92 Å². The zero-order chi connectivity index (χ0) is 16.7. The fraction of sp³-hybridized carbons (Fsp3) is 0.471. The van der Waals surface area contributed by atoms with Crippen molar-refractivity contribution in [1.82, 2.24) is 9.80 Å². The topological polar surface area (TPSA) is 71.1 Å². The average molecular weight is 314 g/mol. The van der Waals surface area contributed by atoms with Gasteiger partial charge in [-0.3, -0.25) is 9.69 Å². The molecule has 1 saturated heterocycles. The van der Waals surface area contributed by atoms with E-state index in [1.807, 2.05) is 18.2 Å². The molecule has 1 fully saturated rings. The average Bonchev–Trinajstić information content (AvgIpc) is 2.54. The van der Waals surface area contributed by atoms with Crippen molar-refractivity contribution in [3.63, 3.8) is 0 Å². The number of nitriles is 2. The Morgan fingerprint density at radius 2 is 2.09 bits per heavy atom. The minimum atomic E-state index is -0.263. The lowest BCUT2D eigenvalue weighted by atomic mass is 9.96. The molecule has 1 amide bonds. The lowest BCUT2D eigenvalue weighted by Crippen LogP contribution is -2.44. The van der Waals surface area contributed by atoms with E-state index in [-0.39, 0.29) is 30.7 Å². The highest BCUT2D eigenvalue weighted by molar-refractivity contribution is 5.79. The van der Waals surface area contributed by atoms with Crippen molar-refractivity contribution in [2.75, 3.05) is 26.2 Å². The summed E-state index contributed by atoms with van der Waals surface area (Å²) in [5.41, 5.74) is 0.879. The molecule has 1 atom stereocenters. The van der Waals surface area contributed by atoms with E-state index in [4.69, 9.17) is 10.5 Å². The molecular weight excluding hydrogens is 295 g/mol. The van der Waals surface area contributed by atoms with Gasteiger partial charge >= 0.3 is 0 Å². The van der Waals surface area contributed by atoms with Gasteiger partial charge in [0.15, 0.2) is 0 Å². The summed E-state index contributed by atoms with van der Waals surface area (Å²) < 4.78 is 13.3. The molecule has 2 rings (SSSR count). The van der Waals surface area contributed by atoms with Crippen LogP contribution >= 0.6 is 0 Å². The number of carbonyl (C=O) groups is 1. The van der Waals surface area contributed by atoms with Crippen LogP contribution in [0.4, 0.5) is 4.39 Å². The molecule has 5 nitrogen and oxygen atoms in total. The molecule has 0 spiro atoms. The molecule has 0 bridgehead atoms. The number of rotatable bonds is 5. The van der Waals surface area contributed by atoms with Gasteiger partial charge in [0.25, 0.3) is 0 Å². The van der Waals surface area contributed by atoms with Gasteiger partial charge in [-0.1, -0.05) is 12.1 Å². The van der Waals surface area contributed by atoms with Crippen LogP contribution < -0.4 is 0 Å². The van der Waals surface area contributed by atoms with Gasteiger partial charge in [0.05, 0.1) is 18.1 Å². The van der Waals surface area contributed by atoms with E-state index in [9.17, 15) is 9.18 Å². The number of halogens is 1. The second-order valence-corrected chi connectivity index (χ2v) is 5.71. The SMILES string of the molecule is N#CCN(CC#N)C(=O)[C@H]1CCCN(Cc2cccc(F)c2)C1. The first-order valence-corrected chi connectivity index (χ1v) is 7.63. The summed E-state index contributed by atoms with van der Waals surface area (Å²) in [4.78, 5) is 15.9. The summed E-state index contributed by atoms with van der Waals surface area (Å²) in [5, 5.41) is 17.6. The molecular formula is C17H19FN4O. The Labute approximate surface area is 135 Å².